The number of hydrogen-bond donors (Lipinski definition) is 1. The van der Waals surface area contributed by atoms with Gasteiger partial charge in [0.15, 0.2) is 21.2 Å². The van der Waals surface area contributed by atoms with Gasteiger partial charge in [-0.3, -0.25) is 29.0 Å². The van der Waals surface area contributed by atoms with Crippen LogP contribution in [0.3, 0.4) is 0 Å². The van der Waals surface area contributed by atoms with Crippen molar-refractivity contribution in [1.82, 2.24) is 4.90 Å². The third-order valence-electron chi connectivity index (χ3n) is 8.63. The number of methoxy groups -OCH3 is 1. The van der Waals surface area contributed by atoms with Crippen LogP contribution in [0.2, 0.25) is 0 Å². The lowest BCUT2D eigenvalue weighted by atomic mass is 9.56. The Bertz CT molecular complexity index is 1520. The van der Waals surface area contributed by atoms with Crippen LogP contribution in [0.1, 0.15) is 24.3 Å². The van der Waals surface area contributed by atoms with Crippen LogP contribution in [0.25, 0.3) is 0 Å². The molecule has 208 valence electrons. The quantitative estimate of drug-likeness (QED) is 0.205. The largest absolute Gasteiger partial charge is 0.503 e. The molecule has 40 heavy (non-hydrogen) atoms. The molecule has 0 radical (unpaired) electrons. The predicted molar refractivity (Wildman–Crippen MR) is 155 cm³/mol. The fourth-order valence-corrected chi connectivity index (χ4v) is 8.76. The first-order valence-electron chi connectivity index (χ1n) is 12.5. The summed E-state index contributed by atoms with van der Waals surface area (Å²) in [4.78, 5) is 53.4. The molecule has 6 atom stereocenters. The Hall–Kier alpha value is -2.40. The molecular formula is C28H22Br2Cl2N2O6. The first-order valence-corrected chi connectivity index (χ1v) is 15.2. The van der Waals surface area contributed by atoms with E-state index in [9.17, 15) is 24.3 Å². The van der Waals surface area contributed by atoms with Gasteiger partial charge in [-0.1, -0.05) is 45.8 Å². The number of para-hydroxylation sites is 1. The standard InChI is InChI=1S/C28H22Br2Cl2N2O6/c1-40-19-10-13(9-18(30)22(19)35)21-15-7-8-16-20(24(37)34(23(16)36)14-5-3-2-4-6-14)17(15)11-27(31)25(38)33(12-29)26(39)28(21,27)32/h2-7,9-10,16-17,20-21,35H,8,11-12H2,1H3/t16-,17+,20-,21-,27+,28-/m0/s1. The molecule has 0 aromatic heterocycles. The summed E-state index contributed by atoms with van der Waals surface area (Å²) in [5.74, 6) is -5.11. The Morgan fingerprint density at radius 2 is 1.75 bits per heavy atom. The molecule has 1 N–H and O–H groups in total. The molecule has 2 saturated heterocycles. The highest BCUT2D eigenvalue weighted by Gasteiger charge is 2.76. The molecule has 0 spiro atoms. The fourth-order valence-electron chi connectivity index (χ4n) is 6.87. The summed E-state index contributed by atoms with van der Waals surface area (Å²) < 4.78 is 5.65. The number of amides is 4. The zero-order valence-corrected chi connectivity index (χ0v) is 25.6. The van der Waals surface area contributed by atoms with Gasteiger partial charge in [0.1, 0.15) is 0 Å². The van der Waals surface area contributed by atoms with Crippen LogP contribution in [0.4, 0.5) is 5.69 Å². The highest BCUT2D eigenvalue weighted by molar-refractivity contribution is 9.10. The summed E-state index contributed by atoms with van der Waals surface area (Å²) in [5, 5.41) is 10.5. The molecule has 12 heteroatoms. The zero-order chi connectivity index (χ0) is 28.7. The average molecular weight is 713 g/mol. The van der Waals surface area contributed by atoms with Crippen molar-refractivity contribution in [3.05, 3.63) is 64.1 Å². The second kappa shape index (κ2) is 9.58. The minimum absolute atomic E-state index is 0.104. The number of hydrogen-bond acceptors (Lipinski definition) is 6. The van der Waals surface area contributed by atoms with Crippen molar-refractivity contribution in [1.29, 1.82) is 0 Å². The molecule has 8 nitrogen and oxygen atoms in total. The van der Waals surface area contributed by atoms with Crippen LogP contribution in [0, 0.1) is 17.8 Å². The summed E-state index contributed by atoms with van der Waals surface area (Å²) in [7, 11) is 1.39. The number of likely N-dealkylation sites (tertiary alicyclic amines) is 1. The van der Waals surface area contributed by atoms with E-state index in [-0.39, 0.29) is 46.1 Å². The first-order chi connectivity index (χ1) is 19.0. The van der Waals surface area contributed by atoms with E-state index in [0.29, 0.717) is 16.8 Å². The van der Waals surface area contributed by atoms with E-state index in [0.717, 1.165) is 4.90 Å². The lowest BCUT2D eigenvalue weighted by Crippen LogP contribution is -2.60. The van der Waals surface area contributed by atoms with Gasteiger partial charge in [-0.25, -0.2) is 0 Å². The first kappa shape index (κ1) is 27.8. The van der Waals surface area contributed by atoms with E-state index in [1.807, 2.05) is 6.08 Å². The molecule has 4 aliphatic rings. The minimum Gasteiger partial charge on any atom is -0.503 e. The molecule has 6 rings (SSSR count). The number of carbonyl (C=O) groups excluding carboxylic acids is 4. The molecule has 4 amide bonds. The van der Waals surface area contributed by atoms with Crippen molar-refractivity contribution in [2.24, 2.45) is 17.8 Å². The van der Waals surface area contributed by atoms with Crippen LogP contribution < -0.4 is 9.64 Å². The van der Waals surface area contributed by atoms with Crippen molar-refractivity contribution < 1.29 is 29.0 Å². The topological polar surface area (TPSA) is 104 Å². The molecule has 2 aliphatic carbocycles. The van der Waals surface area contributed by atoms with E-state index in [1.54, 1.807) is 42.5 Å². The van der Waals surface area contributed by atoms with Gasteiger partial charge < -0.3 is 9.84 Å². The number of aromatic hydroxyl groups is 1. The number of anilines is 1. The Morgan fingerprint density at radius 3 is 2.40 bits per heavy atom. The fraction of sp³-hybridized carbons (Fsp3) is 0.357. The van der Waals surface area contributed by atoms with E-state index < -0.39 is 45.2 Å². The third-order valence-corrected chi connectivity index (χ3v) is 11.2. The number of benzene rings is 2. The van der Waals surface area contributed by atoms with E-state index in [1.165, 1.54) is 12.0 Å². The Kier molecular flexibility index (Phi) is 6.64. The predicted octanol–water partition coefficient (Wildman–Crippen LogP) is 5.08. The Labute approximate surface area is 256 Å². The van der Waals surface area contributed by atoms with Gasteiger partial charge in [0, 0.05) is 5.92 Å². The zero-order valence-electron chi connectivity index (χ0n) is 20.9. The number of carbonyl (C=O) groups is 4. The average Bonchev–Trinajstić information content (AvgIpc) is 3.28. The van der Waals surface area contributed by atoms with Crippen molar-refractivity contribution in [2.75, 3.05) is 17.5 Å². The number of rotatable bonds is 4. The van der Waals surface area contributed by atoms with Gasteiger partial charge in [0.2, 0.25) is 11.8 Å². The Morgan fingerprint density at radius 1 is 1.05 bits per heavy atom. The number of fused-ring (bicyclic) bond motifs is 4. The van der Waals surface area contributed by atoms with Gasteiger partial charge in [0.05, 0.1) is 34.6 Å². The monoisotopic (exact) mass is 710 g/mol. The van der Waals surface area contributed by atoms with Crippen molar-refractivity contribution >= 4 is 84.4 Å². The van der Waals surface area contributed by atoms with Crippen molar-refractivity contribution in [3.8, 4) is 11.5 Å². The highest BCUT2D eigenvalue weighted by atomic mass is 79.9. The summed E-state index contributed by atoms with van der Waals surface area (Å²) in [6, 6.07) is 11.9. The molecule has 2 aliphatic heterocycles. The maximum Gasteiger partial charge on any atom is 0.254 e. The molecule has 2 aromatic rings. The second-order valence-corrected chi connectivity index (χ2v) is 13.0. The third kappa shape index (κ3) is 3.48. The van der Waals surface area contributed by atoms with E-state index >= 15 is 0 Å². The number of phenols is 1. The number of allylic oxidation sites excluding steroid dienone is 2. The molecule has 3 fully saturated rings. The van der Waals surface area contributed by atoms with Crippen LogP contribution in [-0.4, -0.2) is 55.9 Å². The lowest BCUT2D eigenvalue weighted by Gasteiger charge is -2.50. The van der Waals surface area contributed by atoms with Crippen LogP contribution in [0.15, 0.2) is 58.6 Å². The molecule has 0 bridgehead atoms. The van der Waals surface area contributed by atoms with Crippen molar-refractivity contribution in [2.45, 2.75) is 28.5 Å². The highest BCUT2D eigenvalue weighted by Crippen LogP contribution is 2.66. The number of nitrogens with zero attached hydrogens (tertiary/aromatic N) is 2. The summed E-state index contributed by atoms with van der Waals surface area (Å²) >= 11 is 21.0. The van der Waals surface area contributed by atoms with Crippen LogP contribution in [-0.2, 0) is 19.2 Å². The number of alkyl halides is 3. The normalized spacial score (nSPS) is 33.1. The maximum absolute atomic E-state index is 14.0. The number of imide groups is 2. The summed E-state index contributed by atoms with van der Waals surface area (Å²) in [6.07, 6.45) is 2.01. The van der Waals surface area contributed by atoms with E-state index in [4.69, 9.17) is 27.9 Å². The maximum atomic E-state index is 14.0. The van der Waals surface area contributed by atoms with Gasteiger partial charge >= 0.3 is 0 Å². The molecular weight excluding hydrogens is 691 g/mol. The molecule has 0 unspecified atom stereocenters. The number of halogens is 4. The van der Waals surface area contributed by atoms with Gasteiger partial charge in [-0.05, 0) is 64.5 Å². The molecule has 2 aromatic carbocycles. The van der Waals surface area contributed by atoms with Gasteiger partial charge in [0.25, 0.3) is 11.8 Å². The number of phenolic OH excluding ortho intramolecular Hbond substituents is 1. The smallest absolute Gasteiger partial charge is 0.254 e. The second-order valence-electron chi connectivity index (χ2n) is 10.4. The van der Waals surface area contributed by atoms with Crippen LogP contribution in [0.5, 0.6) is 11.5 Å². The van der Waals surface area contributed by atoms with Gasteiger partial charge in [-0.2, -0.15) is 0 Å². The lowest BCUT2D eigenvalue weighted by molar-refractivity contribution is -0.138. The summed E-state index contributed by atoms with van der Waals surface area (Å²) in [5.41, 5.74) is 1.47. The minimum atomic E-state index is -1.94. The Balaban J connectivity index is 1.55. The molecule has 2 heterocycles. The molecule has 1 saturated carbocycles. The SMILES string of the molecule is COc1cc([C@H]2C3=CC[C@@H]4C(=O)N(c5ccccc5)C(=O)[C@@H]4[C@@H]3C[C@@]3(Cl)C(=O)N(CBr)C(=O)[C@@]23Cl)cc(Br)c1O. The van der Waals surface area contributed by atoms with E-state index in [2.05, 4.69) is 31.9 Å². The van der Waals surface area contributed by atoms with Crippen molar-refractivity contribution in [3.63, 3.8) is 0 Å². The van der Waals surface area contributed by atoms with Gasteiger partial charge in [-0.15, -0.1) is 23.2 Å². The van der Waals surface area contributed by atoms with Crippen LogP contribution >= 0.6 is 55.1 Å². The summed E-state index contributed by atoms with van der Waals surface area (Å²) in [6.45, 7) is 0. The number of ether oxygens (including phenoxy) is 1.